The van der Waals surface area contributed by atoms with Gasteiger partial charge in [-0.05, 0) is 36.4 Å². The fraction of sp³-hybridized carbons (Fsp3) is 0.125. The first-order valence-electron chi connectivity index (χ1n) is 9.18. The largest absolute Gasteiger partial charge is 0.267 e. The maximum Gasteiger partial charge on any atom is 0.0720 e. The smallest absolute Gasteiger partial charge is 0.0720 e. The van der Waals surface area contributed by atoms with Crippen LogP contribution in [0.1, 0.15) is 35.2 Å². The second-order valence-electron chi connectivity index (χ2n) is 6.25. The first kappa shape index (κ1) is 19.4. The summed E-state index contributed by atoms with van der Waals surface area (Å²) in [5.41, 5.74) is 2.68. The summed E-state index contributed by atoms with van der Waals surface area (Å²) in [4.78, 5) is 15.9. The van der Waals surface area contributed by atoms with E-state index >= 15 is 0 Å². The van der Waals surface area contributed by atoms with Gasteiger partial charge in [-0.25, -0.2) is 0 Å². The Kier molecular flexibility index (Phi) is 6.60. The molecule has 0 N–H and O–H groups in total. The van der Waals surface area contributed by atoms with Crippen molar-refractivity contribution in [3.8, 4) is 0 Å². The lowest BCUT2D eigenvalue weighted by molar-refractivity contribution is 0.144. The SMILES string of the molecule is C=CC(c1ccccn1)N(C(C=C)c1ccccn1)C(C=C)c1ccccn1. The third-order valence-corrected chi connectivity index (χ3v) is 4.61. The predicted molar refractivity (Wildman–Crippen MR) is 113 cm³/mol. The maximum atomic E-state index is 4.57. The first-order valence-corrected chi connectivity index (χ1v) is 9.18. The second-order valence-corrected chi connectivity index (χ2v) is 6.25. The lowest BCUT2D eigenvalue weighted by Gasteiger charge is -2.39. The second kappa shape index (κ2) is 9.53. The van der Waals surface area contributed by atoms with Crippen molar-refractivity contribution in [3.05, 3.63) is 128 Å². The number of nitrogens with zero attached hydrogens (tertiary/aromatic N) is 4. The molecule has 0 bridgehead atoms. The van der Waals surface area contributed by atoms with Crippen LogP contribution in [0, 0.1) is 0 Å². The Morgan fingerprint density at radius 2 is 0.893 bits per heavy atom. The molecule has 3 atom stereocenters. The van der Waals surface area contributed by atoms with Crippen molar-refractivity contribution in [1.82, 2.24) is 19.9 Å². The van der Waals surface area contributed by atoms with Crippen LogP contribution in [-0.2, 0) is 0 Å². The van der Waals surface area contributed by atoms with Crippen molar-refractivity contribution in [3.63, 3.8) is 0 Å². The molecule has 3 rings (SSSR count). The molecule has 0 fully saturated rings. The van der Waals surface area contributed by atoms with Crippen LogP contribution in [0.15, 0.2) is 111 Å². The van der Waals surface area contributed by atoms with E-state index < -0.39 is 0 Å². The van der Waals surface area contributed by atoms with Gasteiger partial charge in [0.15, 0.2) is 0 Å². The van der Waals surface area contributed by atoms with Gasteiger partial charge in [0.05, 0.1) is 35.2 Å². The molecule has 3 aromatic heterocycles. The van der Waals surface area contributed by atoms with Crippen LogP contribution in [0.3, 0.4) is 0 Å². The summed E-state index contributed by atoms with van der Waals surface area (Å²) in [6.45, 7) is 12.3. The van der Waals surface area contributed by atoms with Crippen LogP contribution in [0.2, 0.25) is 0 Å². The molecule has 3 heterocycles. The van der Waals surface area contributed by atoms with E-state index in [0.29, 0.717) is 0 Å². The van der Waals surface area contributed by atoms with Gasteiger partial charge < -0.3 is 0 Å². The zero-order valence-corrected chi connectivity index (χ0v) is 15.8. The minimum Gasteiger partial charge on any atom is -0.267 e. The van der Waals surface area contributed by atoms with Crippen LogP contribution in [0.5, 0.6) is 0 Å². The van der Waals surface area contributed by atoms with E-state index in [1.807, 2.05) is 72.8 Å². The minimum absolute atomic E-state index is 0.184. The van der Waals surface area contributed by atoms with E-state index in [0.717, 1.165) is 17.1 Å². The van der Waals surface area contributed by atoms with E-state index in [1.165, 1.54) is 0 Å². The van der Waals surface area contributed by atoms with Gasteiger partial charge in [-0.3, -0.25) is 19.9 Å². The molecule has 28 heavy (non-hydrogen) atoms. The third kappa shape index (κ3) is 4.13. The van der Waals surface area contributed by atoms with E-state index in [4.69, 9.17) is 0 Å². The van der Waals surface area contributed by atoms with E-state index in [-0.39, 0.29) is 18.1 Å². The molecule has 0 amide bonds. The Balaban J connectivity index is 2.16. The monoisotopic (exact) mass is 368 g/mol. The topological polar surface area (TPSA) is 41.9 Å². The first-order chi connectivity index (χ1) is 13.8. The molecule has 140 valence electrons. The van der Waals surface area contributed by atoms with Crippen molar-refractivity contribution in [1.29, 1.82) is 0 Å². The summed E-state index contributed by atoms with van der Waals surface area (Å²) in [6.07, 6.45) is 11.0. The predicted octanol–water partition coefficient (Wildman–Crippen LogP) is 5.26. The van der Waals surface area contributed by atoms with Crippen LogP contribution in [0.25, 0.3) is 0 Å². The van der Waals surface area contributed by atoms with Gasteiger partial charge in [-0.2, -0.15) is 0 Å². The Morgan fingerprint density at radius 1 is 0.571 bits per heavy atom. The summed E-state index contributed by atoms with van der Waals surface area (Å²) >= 11 is 0. The zero-order chi connectivity index (χ0) is 19.8. The summed E-state index contributed by atoms with van der Waals surface area (Å²) in [7, 11) is 0. The van der Waals surface area contributed by atoms with Gasteiger partial charge in [0.2, 0.25) is 0 Å². The van der Waals surface area contributed by atoms with E-state index in [2.05, 4.69) is 39.6 Å². The Labute approximate surface area is 166 Å². The highest BCUT2D eigenvalue weighted by Gasteiger charge is 2.33. The van der Waals surface area contributed by atoms with Crippen LogP contribution in [-0.4, -0.2) is 19.9 Å². The molecule has 0 saturated heterocycles. The standard InChI is InChI=1S/C24H24N4/c1-4-22(19-13-7-10-16-25-19)28(23(5-2)20-14-8-11-17-26-20)24(6-3)21-15-9-12-18-27-21/h4-18,22-24H,1-3H2. The highest BCUT2D eigenvalue weighted by molar-refractivity contribution is 5.25. The molecule has 4 heteroatoms. The molecular formula is C24H24N4. The summed E-state index contributed by atoms with van der Waals surface area (Å²) in [5.74, 6) is 0. The molecule has 0 aliphatic rings. The Bertz CT molecular complexity index is 771. The fourth-order valence-electron chi connectivity index (χ4n) is 3.36. The summed E-state index contributed by atoms with van der Waals surface area (Å²) < 4.78 is 0. The minimum atomic E-state index is -0.184. The average molecular weight is 368 g/mol. The normalized spacial score (nSPS) is 14.0. The molecule has 0 aromatic carbocycles. The highest BCUT2D eigenvalue weighted by atomic mass is 15.2. The lowest BCUT2D eigenvalue weighted by Crippen LogP contribution is -2.35. The van der Waals surface area contributed by atoms with Gasteiger partial charge in [-0.1, -0.05) is 36.4 Å². The number of aromatic nitrogens is 3. The Hall–Kier alpha value is -3.37. The maximum absolute atomic E-state index is 4.57. The van der Waals surface area contributed by atoms with Gasteiger partial charge in [0, 0.05) is 18.6 Å². The summed E-state index contributed by atoms with van der Waals surface area (Å²) in [6, 6.07) is 17.1. The van der Waals surface area contributed by atoms with Gasteiger partial charge in [0.1, 0.15) is 0 Å². The average Bonchev–Trinajstić information content (AvgIpc) is 2.77. The molecule has 0 aliphatic heterocycles. The van der Waals surface area contributed by atoms with Crippen LogP contribution >= 0.6 is 0 Å². The van der Waals surface area contributed by atoms with Crippen molar-refractivity contribution in [2.24, 2.45) is 0 Å². The fourth-order valence-corrected chi connectivity index (χ4v) is 3.36. The van der Waals surface area contributed by atoms with Crippen molar-refractivity contribution in [2.75, 3.05) is 0 Å². The molecule has 0 radical (unpaired) electrons. The number of pyridine rings is 3. The molecular weight excluding hydrogens is 344 g/mol. The van der Waals surface area contributed by atoms with Crippen molar-refractivity contribution >= 4 is 0 Å². The molecule has 0 aliphatic carbocycles. The lowest BCUT2D eigenvalue weighted by atomic mass is 9.99. The molecule has 4 nitrogen and oxygen atoms in total. The van der Waals surface area contributed by atoms with Gasteiger partial charge in [-0.15, -0.1) is 19.7 Å². The Morgan fingerprint density at radius 3 is 1.11 bits per heavy atom. The van der Waals surface area contributed by atoms with E-state index in [9.17, 15) is 0 Å². The quantitative estimate of drug-likeness (QED) is 0.483. The molecule has 3 unspecified atom stereocenters. The molecule has 3 aromatic rings. The van der Waals surface area contributed by atoms with Crippen molar-refractivity contribution < 1.29 is 0 Å². The van der Waals surface area contributed by atoms with E-state index in [1.54, 1.807) is 18.6 Å². The van der Waals surface area contributed by atoms with Gasteiger partial charge in [0.25, 0.3) is 0 Å². The number of hydrogen-bond donors (Lipinski definition) is 0. The van der Waals surface area contributed by atoms with Crippen molar-refractivity contribution in [2.45, 2.75) is 18.1 Å². The van der Waals surface area contributed by atoms with Crippen LogP contribution in [0.4, 0.5) is 0 Å². The summed E-state index contributed by atoms with van der Waals surface area (Å²) in [5, 5.41) is 0. The van der Waals surface area contributed by atoms with Gasteiger partial charge >= 0.3 is 0 Å². The number of rotatable bonds is 9. The number of hydrogen-bond acceptors (Lipinski definition) is 4. The molecule has 0 spiro atoms. The van der Waals surface area contributed by atoms with Crippen LogP contribution < -0.4 is 0 Å². The zero-order valence-electron chi connectivity index (χ0n) is 15.8. The third-order valence-electron chi connectivity index (χ3n) is 4.61. The molecule has 0 saturated carbocycles. The highest BCUT2D eigenvalue weighted by Crippen LogP contribution is 2.39.